The first-order chi connectivity index (χ1) is 11.5. The average Bonchev–Trinajstić information content (AvgIpc) is 3.50. The van der Waals surface area contributed by atoms with Gasteiger partial charge in [-0.3, -0.25) is 25.3 Å². The van der Waals surface area contributed by atoms with E-state index in [1.54, 1.807) is 6.92 Å². The highest BCUT2D eigenvalue weighted by atomic mass is 16.3. The molecule has 2 fully saturated rings. The van der Waals surface area contributed by atoms with Crippen molar-refractivity contribution in [2.24, 2.45) is 5.92 Å². The molecule has 0 aliphatic heterocycles. The summed E-state index contributed by atoms with van der Waals surface area (Å²) in [6, 6.07) is 4.20. The molecule has 0 saturated heterocycles. The molecule has 132 valence electrons. The Labute approximate surface area is 142 Å². The molecule has 1 heterocycles. The van der Waals surface area contributed by atoms with Gasteiger partial charge >= 0.3 is 0 Å². The van der Waals surface area contributed by atoms with Gasteiger partial charge in [0, 0.05) is 18.4 Å². The predicted molar refractivity (Wildman–Crippen MR) is 89.8 cm³/mol. The van der Waals surface area contributed by atoms with E-state index in [1.165, 1.54) is 6.42 Å². The Balaban J connectivity index is 1.58. The number of hydrogen-bond acceptors (Lipinski definition) is 4. The monoisotopic (exact) mass is 333 g/mol. The van der Waals surface area contributed by atoms with Crippen molar-refractivity contribution in [3.8, 4) is 0 Å². The number of furan rings is 1. The van der Waals surface area contributed by atoms with Gasteiger partial charge < -0.3 is 4.42 Å². The first-order valence-electron chi connectivity index (χ1n) is 8.92. The van der Waals surface area contributed by atoms with E-state index in [9.17, 15) is 9.59 Å². The van der Waals surface area contributed by atoms with Gasteiger partial charge in [-0.25, -0.2) is 0 Å². The Morgan fingerprint density at radius 2 is 2.04 bits per heavy atom. The van der Waals surface area contributed by atoms with E-state index in [0.717, 1.165) is 30.3 Å². The number of hydrogen-bond donors (Lipinski definition) is 2. The van der Waals surface area contributed by atoms with Crippen LogP contribution >= 0.6 is 0 Å². The van der Waals surface area contributed by atoms with Gasteiger partial charge in [-0.05, 0) is 44.2 Å². The van der Waals surface area contributed by atoms with Crippen molar-refractivity contribution in [1.82, 2.24) is 15.8 Å². The summed E-state index contributed by atoms with van der Waals surface area (Å²) in [6.07, 6.45) is 3.75. The minimum Gasteiger partial charge on any atom is -0.464 e. The maximum absolute atomic E-state index is 12.3. The molecule has 0 aromatic carbocycles. The molecule has 6 nitrogen and oxygen atoms in total. The molecule has 3 rings (SSSR count). The van der Waals surface area contributed by atoms with Gasteiger partial charge in [0.1, 0.15) is 11.5 Å². The van der Waals surface area contributed by atoms with Crippen LogP contribution in [-0.4, -0.2) is 28.8 Å². The van der Waals surface area contributed by atoms with Gasteiger partial charge in [-0.15, -0.1) is 0 Å². The van der Waals surface area contributed by atoms with Crippen LogP contribution in [0.5, 0.6) is 0 Å². The number of rotatable bonds is 7. The predicted octanol–water partition coefficient (Wildman–Crippen LogP) is 2.31. The van der Waals surface area contributed by atoms with Gasteiger partial charge in [0.05, 0.1) is 12.6 Å². The minimum atomic E-state index is -0.317. The van der Waals surface area contributed by atoms with Crippen LogP contribution in [0.1, 0.15) is 63.9 Å². The molecular formula is C18H27N3O3. The normalized spacial score (nSPS) is 23.8. The Hall–Kier alpha value is -1.82. The third-order valence-electron chi connectivity index (χ3n) is 5.03. The fraction of sp³-hybridized carbons (Fsp3) is 0.667. The Bertz CT molecular complexity index is 608. The minimum absolute atomic E-state index is 0.189. The van der Waals surface area contributed by atoms with Gasteiger partial charge in [-0.2, -0.15) is 0 Å². The lowest BCUT2D eigenvalue weighted by Gasteiger charge is -2.27. The van der Waals surface area contributed by atoms with Crippen LogP contribution in [0.3, 0.4) is 0 Å². The number of amides is 2. The third kappa shape index (κ3) is 3.98. The van der Waals surface area contributed by atoms with Crippen molar-refractivity contribution in [1.29, 1.82) is 0 Å². The summed E-state index contributed by atoms with van der Waals surface area (Å²) in [5.41, 5.74) is 4.95. The first kappa shape index (κ1) is 17.0. The second kappa shape index (κ2) is 6.97. The smallest absolute Gasteiger partial charge is 0.255 e. The van der Waals surface area contributed by atoms with E-state index in [-0.39, 0.29) is 17.9 Å². The Kier molecular flexibility index (Phi) is 4.94. The zero-order valence-electron chi connectivity index (χ0n) is 14.7. The van der Waals surface area contributed by atoms with Crippen molar-refractivity contribution in [3.63, 3.8) is 0 Å². The van der Waals surface area contributed by atoms with Crippen molar-refractivity contribution < 1.29 is 14.0 Å². The molecule has 2 amide bonds. The van der Waals surface area contributed by atoms with Gasteiger partial charge in [0.15, 0.2) is 0 Å². The molecular weight excluding hydrogens is 306 g/mol. The summed E-state index contributed by atoms with van der Waals surface area (Å²) in [7, 11) is 0. The fourth-order valence-corrected chi connectivity index (χ4v) is 3.04. The summed E-state index contributed by atoms with van der Waals surface area (Å²) in [5.74, 6) is 2.89. The van der Waals surface area contributed by atoms with E-state index >= 15 is 0 Å². The van der Waals surface area contributed by atoms with Crippen LogP contribution in [0.2, 0.25) is 0 Å². The maximum atomic E-state index is 12.3. The van der Waals surface area contributed by atoms with Gasteiger partial charge in [0.25, 0.3) is 5.91 Å². The Morgan fingerprint density at radius 3 is 2.62 bits per heavy atom. The summed E-state index contributed by atoms with van der Waals surface area (Å²) >= 11 is 0. The zero-order chi connectivity index (χ0) is 17.3. The van der Waals surface area contributed by atoms with Crippen LogP contribution in [0.4, 0.5) is 0 Å². The number of carbonyl (C=O) groups excluding carboxylic acids is 2. The number of hydrazine groups is 1. The highest BCUT2D eigenvalue weighted by Crippen LogP contribution is 2.47. The molecule has 3 atom stereocenters. The average molecular weight is 333 g/mol. The summed E-state index contributed by atoms with van der Waals surface area (Å²) in [5, 5.41) is 0. The fourth-order valence-electron chi connectivity index (χ4n) is 3.04. The molecule has 1 aromatic heterocycles. The Morgan fingerprint density at radius 1 is 1.33 bits per heavy atom. The molecule has 0 spiro atoms. The molecule has 24 heavy (non-hydrogen) atoms. The van der Waals surface area contributed by atoms with Crippen molar-refractivity contribution >= 4 is 11.8 Å². The summed E-state index contributed by atoms with van der Waals surface area (Å²) < 4.78 is 5.99. The molecule has 2 aliphatic carbocycles. The zero-order valence-corrected chi connectivity index (χ0v) is 14.7. The molecule has 2 saturated carbocycles. The molecule has 1 aromatic rings. The summed E-state index contributed by atoms with van der Waals surface area (Å²) in [6.45, 7) is 6.48. The highest BCUT2D eigenvalue weighted by Gasteiger charge is 2.38. The van der Waals surface area contributed by atoms with Crippen LogP contribution in [-0.2, 0) is 16.1 Å². The molecule has 2 N–H and O–H groups in total. The van der Waals surface area contributed by atoms with Crippen LogP contribution < -0.4 is 10.9 Å². The first-order valence-corrected chi connectivity index (χ1v) is 8.92. The maximum Gasteiger partial charge on any atom is 0.255 e. The van der Waals surface area contributed by atoms with E-state index in [4.69, 9.17) is 4.42 Å². The molecule has 6 heteroatoms. The lowest BCUT2D eigenvalue weighted by molar-refractivity contribution is -0.132. The third-order valence-corrected chi connectivity index (χ3v) is 5.03. The van der Waals surface area contributed by atoms with Crippen LogP contribution in [0.25, 0.3) is 0 Å². The summed E-state index contributed by atoms with van der Waals surface area (Å²) in [4.78, 5) is 25.7. The second-order valence-corrected chi connectivity index (χ2v) is 7.09. The number of nitrogens with zero attached hydrogens (tertiary/aromatic N) is 1. The number of carbonyl (C=O) groups is 2. The van der Waals surface area contributed by atoms with E-state index < -0.39 is 0 Å². The van der Waals surface area contributed by atoms with Crippen molar-refractivity contribution in [2.45, 2.75) is 71.0 Å². The molecule has 0 radical (unpaired) electrons. The largest absolute Gasteiger partial charge is 0.464 e. The van der Waals surface area contributed by atoms with Crippen LogP contribution in [0, 0.1) is 5.92 Å². The van der Waals surface area contributed by atoms with Crippen LogP contribution in [0.15, 0.2) is 16.5 Å². The highest BCUT2D eigenvalue weighted by molar-refractivity contribution is 5.84. The molecule has 2 aliphatic rings. The lowest BCUT2D eigenvalue weighted by Crippen LogP contribution is -2.51. The quantitative estimate of drug-likeness (QED) is 0.751. The second-order valence-electron chi connectivity index (χ2n) is 7.09. The van der Waals surface area contributed by atoms with Crippen molar-refractivity contribution in [3.05, 3.63) is 23.7 Å². The van der Waals surface area contributed by atoms with Gasteiger partial charge in [-0.1, -0.05) is 13.8 Å². The lowest BCUT2D eigenvalue weighted by atomic mass is 10.2. The number of nitrogens with one attached hydrogen (secondary N) is 2. The van der Waals surface area contributed by atoms with Gasteiger partial charge in [0.2, 0.25) is 5.91 Å². The topological polar surface area (TPSA) is 74.6 Å². The standard InChI is InChI=1S/C18H27N3O3/c1-4-17(22)19-20-18(23)12(3)21(13-5-6-13)10-14-7-8-16(24-14)15-9-11(15)2/h7-8,11-13,15H,4-6,9-10H2,1-3H3,(H,19,22)(H,20,23)/t11-,12-,15-/m0/s1. The SMILES string of the molecule is CCC(=O)NNC(=O)[C@H](C)N(Cc1ccc([C@H]2C[C@@H]2C)o1)C1CC1. The molecule has 0 unspecified atom stereocenters. The van der Waals surface area contributed by atoms with Crippen molar-refractivity contribution in [2.75, 3.05) is 0 Å². The molecule has 0 bridgehead atoms. The van der Waals surface area contributed by atoms with E-state index in [1.807, 2.05) is 13.0 Å². The van der Waals surface area contributed by atoms with E-state index in [0.29, 0.717) is 24.9 Å². The van der Waals surface area contributed by atoms with E-state index in [2.05, 4.69) is 28.7 Å².